The molecular weight excluding hydrogens is 312 g/mol. The van der Waals surface area contributed by atoms with E-state index in [0.29, 0.717) is 6.54 Å². The Bertz CT molecular complexity index is 744. The van der Waals surface area contributed by atoms with Crippen LogP contribution < -0.4 is 0 Å². The van der Waals surface area contributed by atoms with Crippen molar-refractivity contribution in [2.24, 2.45) is 7.05 Å². The number of likely N-dealkylation sites (tertiary alicyclic amines) is 1. The topological polar surface area (TPSA) is 41.3 Å². The fourth-order valence-electron chi connectivity index (χ4n) is 3.74. The molecule has 0 aliphatic carbocycles. The Kier molecular flexibility index (Phi) is 4.69. The molecule has 0 radical (unpaired) electrons. The maximum Gasteiger partial charge on any atom is 0.131 e. The lowest BCUT2D eigenvalue weighted by Gasteiger charge is -2.27. The standard InChI is InChI=1S/C18H23F2N3O/c1-11-18(12(2)22(3)21-11)16-5-4-8-23(16)10-17(24)14-7-6-13(19)9-15(14)20/h6-7,9,16-17,24H,4-5,8,10H2,1-3H3/t16-,17+/m0/s1. The zero-order chi connectivity index (χ0) is 17.4. The maximum atomic E-state index is 13.9. The summed E-state index contributed by atoms with van der Waals surface area (Å²) in [5.74, 6) is -1.34. The van der Waals surface area contributed by atoms with E-state index in [1.165, 1.54) is 17.7 Å². The molecule has 24 heavy (non-hydrogen) atoms. The highest BCUT2D eigenvalue weighted by Gasteiger charge is 2.32. The largest absolute Gasteiger partial charge is 0.387 e. The number of nitrogens with zero attached hydrogens (tertiary/aromatic N) is 3. The second-order valence-electron chi connectivity index (χ2n) is 6.54. The number of aliphatic hydroxyl groups excluding tert-OH is 1. The number of hydrogen-bond donors (Lipinski definition) is 1. The van der Waals surface area contributed by atoms with E-state index in [-0.39, 0.29) is 11.6 Å². The van der Waals surface area contributed by atoms with Crippen LogP contribution in [0.2, 0.25) is 0 Å². The van der Waals surface area contributed by atoms with Crippen molar-refractivity contribution < 1.29 is 13.9 Å². The van der Waals surface area contributed by atoms with E-state index in [2.05, 4.69) is 10.00 Å². The average Bonchev–Trinajstić information content (AvgIpc) is 3.04. The van der Waals surface area contributed by atoms with Crippen LogP contribution in [0.15, 0.2) is 18.2 Å². The van der Waals surface area contributed by atoms with Crippen molar-refractivity contribution in [2.75, 3.05) is 13.1 Å². The molecule has 130 valence electrons. The summed E-state index contributed by atoms with van der Waals surface area (Å²) in [5.41, 5.74) is 3.45. The van der Waals surface area contributed by atoms with E-state index < -0.39 is 17.7 Å². The van der Waals surface area contributed by atoms with Crippen molar-refractivity contribution in [3.05, 3.63) is 52.3 Å². The van der Waals surface area contributed by atoms with Crippen LogP contribution in [0.4, 0.5) is 8.78 Å². The molecule has 3 rings (SSSR count). The Hall–Kier alpha value is -1.79. The van der Waals surface area contributed by atoms with E-state index in [0.717, 1.165) is 36.8 Å². The first-order valence-electron chi connectivity index (χ1n) is 8.25. The van der Waals surface area contributed by atoms with E-state index in [9.17, 15) is 13.9 Å². The molecule has 1 N–H and O–H groups in total. The van der Waals surface area contributed by atoms with E-state index in [1.807, 2.05) is 25.6 Å². The quantitative estimate of drug-likeness (QED) is 0.933. The minimum atomic E-state index is -0.983. The van der Waals surface area contributed by atoms with Gasteiger partial charge in [-0.3, -0.25) is 9.58 Å². The molecule has 6 heteroatoms. The molecule has 1 fully saturated rings. The van der Waals surface area contributed by atoms with Crippen molar-refractivity contribution >= 4 is 0 Å². The summed E-state index contributed by atoms with van der Waals surface area (Å²) in [6.45, 7) is 5.20. The minimum Gasteiger partial charge on any atom is -0.387 e. The molecule has 1 aliphatic rings. The van der Waals surface area contributed by atoms with Crippen molar-refractivity contribution in [3.8, 4) is 0 Å². The number of aromatic nitrogens is 2. The van der Waals surface area contributed by atoms with Crippen LogP contribution in [-0.4, -0.2) is 32.9 Å². The van der Waals surface area contributed by atoms with Crippen molar-refractivity contribution in [2.45, 2.75) is 38.8 Å². The van der Waals surface area contributed by atoms with Gasteiger partial charge in [0.1, 0.15) is 11.6 Å². The van der Waals surface area contributed by atoms with Gasteiger partial charge in [-0.05, 0) is 39.3 Å². The van der Waals surface area contributed by atoms with Gasteiger partial charge < -0.3 is 5.11 Å². The SMILES string of the molecule is Cc1nn(C)c(C)c1[C@@H]1CCCN1C[C@@H](O)c1ccc(F)cc1F. The fraction of sp³-hybridized carbons (Fsp3) is 0.500. The normalized spacial score (nSPS) is 19.8. The van der Waals surface area contributed by atoms with E-state index >= 15 is 0 Å². The summed E-state index contributed by atoms with van der Waals surface area (Å²) in [7, 11) is 1.92. The van der Waals surface area contributed by atoms with Crippen molar-refractivity contribution in [1.82, 2.24) is 14.7 Å². The summed E-state index contributed by atoms with van der Waals surface area (Å²) in [6.07, 6.45) is 1.03. The third-order valence-electron chi connectivity index (χ3n) is 4.99. The van der Waals surface area contributed by atoms with Crippen LogP contribution in [0.5, 0.6) is 0 Å². The zero-order valence-corrected chi connectivity index (χ0v) is 14.3. The van der Waals surface area contributed by atoms with Gasteiger partial charge in [0.2, 0.25) is 0 Å². The number of aliphatic hydroxyl groups is 1. The summed E-state index contributed by atoms with van der Waals surface area (Å²) in [5, 5.41) is 14.9. The van der Waals surface area contributed by atoms with Crippen LogP contribution in [0, 0.1) is 25.5 Å². The van der Waals surface area contributed by atoms with Crippen LogP contribution in [0.1, 0.15) is 47.5 Å². The number of hydrogen-bond acceptors (Lipinski definition) is 3. The van der Waals surface area contributed by atoms with Gasteiger partial charge in [-0.2, -0.15) is 5.10 Å². The summed E-state index contributed by atoms with van der Waals surface area (Å²) in [6, 6.07) is 3.49. The Morgan fingerprint density at radius 3 is 2.71 bits per heavy atom. The summed E-state index contributed by atoms with van der Waals surface area (Å²) >= 11 is 0. The molecule has 2 heterocycles. The highest BCUT2D eigenvalue weighted by molar-refractivity contribution is 5.29. The summed E-state index contributed by atoms with van der Waals surface area (Å²) < 4.78 is 28.8. The lowest BCUT2D eigenvalue weighted by Crippen LogP contribution is -2.29. The van der Waals surface area contributed by atoms with Gasteiger partial charge in [-0.15, -0.1) is 0 Å². The number of halogens is 2. The molecule has 1 saturated heterocycles. The molecule has 0 spiro atoms. The first-order chi connectivity index (χ1) is 11.4. The van der Waals surface area contributed by atoms with E-state index in [1.54, 1.807) is 0 Å². The predicted octanol–water partition coefficient (Wildman–Crippen LogP) is 3.19. The first-order valence-corrected chi connectivity index (χ1v) is 8.25. The zero-order valence-electron chi connectivity index (χ0n) is 14.3. The lowest BCUT2D eigenvalue weighted by molar-refractivity contribution is 0.103. The predicted molar refractivity (Wildman–Crippen MR) is 87.5 cm³/mol. The molecular formula is C18H23F2N3O. The second kappa shape index (κ2) is 6.61. The van der Waals surface area contributed by atoms with Crippen LogP contribution in [-0.2, 0) is 7.05 Å². The maximum absolute atomic E-state index is 13.9. The first kappa shape index (κ1) is 17.0. The van der Waals surface area contributed by atoms with Gasteiger partial charge in [0.25, 0.3) is 0 Å². The van der Waals surface area contributed by atoms with Gasteiger partial charge >= 0.3 is 0 Å². The Labute approximate surface area is 140 Å². The minimum absolute atomic E-state index is 0.140. The molecule has 2 atom stereocenters. The molecule has 2 aromatic rings. The fourth-order valence-corrected chi connectivity index (χ4v) is 3.74. The van der Waals surface area contributed by atoms with Crippen molar-refractivity contribution in [3.63, 3.8) is 0 Å². The van der Waals surface area contributed by atoms with Crippen molar-refractivity contribution in [1.29, 1.82) is 0 Å². The molecule has 4 nitrogen and oxygen atoms in total. The molecule has 0 bridgehead atoms. The lowest BCUT2D eigenvalue weighted by atomic mass is 10.0. The van der Waals surface area contributed by atoms with E-state index in [4.69, 9.17) is 0 Å². The molecule has 0 unspecified atom stereocenters. The number of aryl methyl sites for hydroxylation is 2. The Balaban J connectivity index is 1.81. The summed E-state index contributed by atoms with van der Waals surface area (Å²) in [4.78, 5) is 2.17. The third kappa shape index (κ3) is 3.08. The molecule has 1 aliphatic heterocycles. The highest BCUT2D eigenvalue weighted by Crippen LogP contribution is 2.36. The highest BCUT2D eigenvalue weighted by atomic mass is 19.1. The molecule has 0 amide bonds. The number of β-amino-alcohol motifs (C(OH)–C–C–N with tert-alkyl or cyclic N) is 1. The Morgan fingerprint density at radius 1 is 1.33 bits per heavy atom. The van der Waals surface area contributed by atoms with Gasteiger partial charge in [0.05, 0.1) is 11.8 Å². The number of rotatable bonds is 4. The molecule has 0 saturated carbocycles. The van der Waals surface area contributed by atoms with Crippen LogP contribution in [0.25, 0.3) is 0 Å². The van der Waals surface area contributed by atoms with Gasteiger partial charge in [0.15, 0.2) is 0 Å². The van der Waals surface area contributed by atoms with Gasteiger partial charge in [-0.1, -0.05) is 6.07 Å². The Morgan fingerprint density at radius 2 is 2.08 bits per heavy atom. The average molecular weight is 335 g/mol. The molecule has 1 aromatic heterocycles. The second-order valence-corrected chi connectivity index (χ2v) is 6.54. The smallest absolute Gasteiger partial charge is 0.131 e. The van der Waals surface area contributed by atoms with Crippen LogP contribution >= 0.6 is 0 Å². The van der Waals surface area contributed by atoms with Gasteiger partial charge in [-0.25, -0.2) is 8.78 Å². The monoisotopic (exact) mass is 335 g/mol. The third-order valence-corrected chi connectivity index (χ3v) is 4.99. The molecule has 1 aromatic carbocycles. The van der Waals surface area contributed by atoms with Crippen LogP contribution in [0.3, 0.4) is 0 Å². The number of benzene rings is 1. The van der Waals surface area contributed by atoms with Gasteiger partial charge in [0, 0.05) is 42.5 Å².